The molecule has 0 saturated heterocycles. The fraction of sp³-hybridized carbons (Fsp3) is 0.417. The summed E-state index contributed by atoms with van der Waals surface area (Å²) < 4.78 is 39.6. The molecule has 0 aliphatic rings. The van der Waals surface area contributed by atoms with Crippen LogP contribution in [0.4, 0.5) is 10.1 Å². The van der Waals surface area contributed by atoms with Gasteiger partial charge >= 0.3 is 0 Å². The molecule has 2 aromatic rings. The van der Waals surface area contributed by atoms with Gasteiger partial charge in [-0.15, -0.1) is 0 Å². The zero-order valence-corrected chi connectivity index (χ0v) is 22.6. The van der Waals surface area contributed by atoms with Crippen LogP contribution in [-0.2, 0) is 26.2 Å². The van der Waals surface area contributed by atoms with Crippen molar-refractivity contribution in [2.45, 2.75) is 52.2 Å². The molecule has 35 heavy (non-hydrogen) atoms. The minimum atomic E-state index is -3.93. The molecule has 0 radical (unpaired) electrons. The van der Waals surface area contributed by atoms with E-state index in [1.165, 1.54) is 47.4 Å². The lowest BCUT2D eigenvalue weighted by molar-refractivity contribution is -0.141. The van der Waals surface area contributed by atoms with E-state index in [1.807, 2.05) is 20.8 Å². The maximum Gasteiger partial charge on any atom is 0.244 e. The third kappa shape index (κ3) is 8.37. The minimum absolute atomic E-state index is 0.0267. The van der Waals surface area contributed by atoms with Gasteiger partial charge in [-0.25, -0.2) is 12.8 Å². The van der Waals surface area contributed by atoms with Crippen molar-refractivity contribution in [3.8, 4) is 0 Å². The van der Waals surface area contributed by atoms with Crippen molar-refractivity contribution in [2.24, 2.45) is 0 Å². The van der Waals surface area contributed by atoms with Gasteiger partial charge in [-0.2, -0.15) is 0 Å². The molecule has 0 fully saturated rings. The molecule has 7 nitrogen and oxygen atoms in total. The zero-order chi connectivity index (χ0) is 26.6. The SMILES string of the molecule is CC[C@@H](C(=O)NC(C)(C)C)N(Cc1ccc(F)cc1)C(=O)CN(c1ccc(Cl)cc1Cl)S(C)(=O)=O. The predicted molar refractivity (Wildman–Crippen MR) is 138 cm³/mol. The third-order valence-electron chi connectivity index (χ3n) is 5.01. The van der Waals surface area contributed by atoms with Crippen LogP contribution < -0.4 is 9.62 Å². The normalized spacial score (nSPS) is 12.7. The summed E-state index contributed by atoms with van der Waals surface area (Å²) >= 11 is 12.2. The average Bonchev–Trinajstić information content (AvgIpc) is 2.71. The quantitative estimate of drug-likeness (QED) is 0.498. The number of nitrogens with one attached hydrogen (secondary N) is 1. The number of carbonyl (C=O) groups is 2. The molecule has 2 rings (SSSR count). The first-order chi connectivity index (χ1) is 16.1. The number of hydrogen-bond donors (Lipinski definition) is 1. The van der Waals surface area contributed by atoms with E-state index in [2.05, 4.69) is 5.32 Å². The van der Waals surface area contributed by atoms with E-state index in [0.29, 0.717) is 10.6 Å². The first kappa shape index (κ1) is 28.9. The Kier molecular flexibility index (Phi) is 9.56. The number of benzene rings is 2. The molecular weight excluding hydrogens is 516 g/mol. The maximum absolute atomic E-state index is 13.6. The van der Waals surface area contributed by atoms with Crippen LogP contribution in [0.15, 0.2) is 42.5 Å². The van der Waals surface area contributed by atoms with Crippen LogP contribution >= 0.6 is 23.2 Å². The zero-order valence-electron chi connectivity index (χ0n) is 20.3. The number of carbonyl (C=O) groups excluding carboxylic acids is 2. The number of rotatable bonds is 9. The first-order valence-corrected chi connectivity index (χ1v) is 13.5. The summed E-state index contributed by atoms with van der Waals surface area (Å²) in [5.41, 5.74) is 0.114. The van der Waals surface area contributed by atoms with E-state index >= 15 is 0 Å². The molecule has 0 aromatic heterocycles. The van der Waals surface area contributed by atoms with Gasteiger partial charge < -0.3 is 10.2 Å². The Bertz CT molecular complexity index is 1170. The molecule has 0 saturated carbocycles. The van der Waals surface area contributed by atoms with Crippen LogP contribution in [0, 0.1) is 5.82 Å². The number of sulfonamides is 1. The lowest BCUT2D eigenvalue weighted by Gasteiger charge is -2.34. The summed E-state index contributed by atoms with van der Waals surface area (Å²) in [4.78, 5) is 28.0. The topological polar surface area (TPSA) is 86.8 Å². The van der Waals surface area contributed by atoms with Crippen molar-refractivity contribution in [2.75, 3.05) is 17.1 Å². The summed E-state index contributed by atoms with van der Waals surface area (Å²) in [6.45, 7) is 6.58. The van der Waals surface area contributed by atoms with E-state index < -0.39 is 39.9 Å². The van der Waals surface area contributed by atoms with Crippen molar-refractivity contribution in [3.63, 3.8) is 0 Å². The molecule has 0 bridgehead atoms. The van der Waals surface area contributed by atoms with Crippen molar-refractivity contribution < 1.29 is 22.4 Å². The molecule has 192 valence electrons. The molecule has 0 spiro atoms. The smallest absolute Gasteiger partial charge is 0.244 e. The van der Waals surface area contributed by atoms with Crippen LogP contribution in [0.2, 0.25) is 10.0 Å². The van der Waals surface area contributed by atoms with Crippen LogP contribution in [0.1, 0.15) is 39.7 Å². The number of anilines is 1. The van der Waals surface area contributed by atoms with E-state index in [0.717, 1.165) is 10.6 Å². The Hall–Kier alpha value is -2.36. The molecular formula is C24H30Cl2FN3O4S. The molecule has 1 atom stereocenters. The lowest BCUT2D eigenvalue weighted by atomic mass is 10.1. The minimum Gasteiger partial charge on any atom is -0.350 e. The molecule has 0 heterocycles. The second-order valence-electron chi connectivity index (χ2n) is 9.18. The molecule has 2 amide bonds. The van der Waals surface area contributed by atoms with Gasteiger partial charge in [-0.3, -0.25) is 13.9 Å². The van der Waals surface area contributed by atoms with Crippen molar-refractivity contribution in [1.82, 2.24) is 10.2 Å². The van der Waals surface area contributed by atoms with E-state index in [-0.39, 0.29) is 29.6 Å². The van der Waals surface area contributed by atoms with Crippen LogP contribution in [-0.4, -0.2) is 49.5 Å². The Morgan fingerprint density at radius 3 is 2.17 bits per heavy atom. The third-order valence-corrected chi connectivity index (χ3v) is 6.67. The predicted octanol–water partition coefficient (Wildman–Crippen LogP) is 4.62. The molecule has 0 unspecified atom stereocenters. The van der Waals surface area contributed by atoms with Crippen LogP contribution in [0.3, 0.4) is 0 Å². The molecule has 11 heteroatoms. The Labute approximate surface area is 216 Å². The van der Waals surface area contributed by atoms with E-state index in [9.17, 15) is 22.4 Å². The highest BCUT2D eigenvalue weighted by Crippen LogP contribution is 2.30. The Morgan fingerprint density at radius 2 is 1.69 bits per heavy atom. The average molecular weight is 546 g/mol. The van der Waals surface area contributed by atoms with Gasteiger partial charge in [-0.1, -0.05) is 42.3 Å². The van der Waals surface area contributed by atoms with E-state index in [4.69, 9.17) is 23.2 Å². The molecule has 2 aromatic carbocycles. The summed E-state index contributed by atoms with van der Waals surface area (Å²) in [5.74, 6) is -1.45. The molecule has 1 N–H and O–H groups in total. The van der Waals surface area contributed by atoms with Crippen LogP contribution in [0.25, 0.3) is 0 Å². The monoisotopic (exact) mass is 545 g/mol. The fourth-order valence-electron chi connectivity index (χ4n) is 3.44. The molecule has 0 aliphatic carbocycles. The van der Waals surface area contributed by atoms with Gasteiger partial charge in [0, 0.05) is 17.1 Å². The van der Waals surface area contributed by atoms with Crippen LogP contribution in [0.5, 0.6) is 0 Å². The van der Waals surface area contributed by atoms with Gasteiger partial charge in [0.15, 0.2) is 0 Å². The highest BCUT2D eigenvalue weighted by Gasteiger charge is 2.33. The second kappa shape index (κ2) is 11.6. The fourth-order valence-corrected chi connectivity index (χ4v) is 4.86. The Morgan fingerprint density at radius 1 is 1.09 bits per heavy atom. The largest absolute Gasteiger partial charge is 0.350 e. The highest BCUT2D eigenvalue weighted by molar-refractivity contribution is 7.92. The highest BCUT2D eigenvalue weighted by atomic mass is 35.5. The second-order valence-corrected chi connectivity index (χ2v) is 11.9. The van der Waals surface area contributed by atoms with Gasteiger partial charge in [0.25, 0.3) is 0 Å². The van der Waals surface area contributed by atoms with Gasteiger partial charge in [0.2, 0.25) is 21.8 Å². The molecule has 0 aliphatic heterocycles. The van der Waals surface area contributed by atoms with Crippen molar-refractivity contribution >= 4 is 50.7 Å². The lowest BCUT2D eigenvalue weighted by Crippen LogP contribution is -2.55. The number of hydrogen-bond acceptors (Lipinski definition) is 4. The van der Waals surface area contributed by atoms with Crippen molar-refractivity contribution in [3.05, 3.63) is 63.9 Å². The number of halogens is 3. The maximum atomic E-state index is 13.6. The summed E-state index contributed by atoms with van der Waals surface area (Å²) in [6, 6.07) is 8.88. The van der Waals surface area contributed by atoms with E-state index in [1.54, 1.807) is 6.92 Å². The number of amides is 2. The summed E-state index contributed by atoms with van der Waals surface area (Å²) in [7, 11) is -3.93. The van der Waals surface area contributed by atoms with Gasteiger partial charge in [-0.05, 0) is 63.1 Å². The standard InChI is InChI=1S/C24H30Cl2FN3O4S/c1-6-20(23(32)28-24(2,3)4)29(14-16-7-10-18(27)11-8-16)22(31)15-30(35(5,33)34)21-12-9-17(25)13-19(21)26/h7-13,20H,6,14-15H2,1-5H3,(H,28,32)/t20-/m0/s1. The van der Waals surface area contributed by atoms with Gasteiger partial charge in [0.1, 0.15) is 18.4 Å². The Balaban J connectivity index is 2.48. The number of nitrogens with zero attached hydrogens (tertiary/aromatic N) is 2. The van der Waals surface area contributed by atoms with Gasteiger partial charge in [0.05, 0.1) is 17.0 Å². The summed E-state index contributed by atoms with van der Waals surface area (Å²) in [6.07, 6.45) is 1.23. The summed E-state index contributed by atoms with van der Waals surface area (Å²) in [5, 5.41) is 3.23. The first-order valence-electron chi connectivity index (χ1n) is 10.9. The van der Waals surface area contributed by atoms with Crippen molar-refractivity contribution in [1.29, 1.82) is 0 Å².